The Bertz CT molecular complexity index is 1040. The lowest BCUT2D eigenvalue weighted by Gasteiger charge is -2.14. The maximum absolute atomic E-state index is 12.1. The van der Waals surface area contributed by atoms with E-state index in [4.69, 9.17) is 4.74 Å². The number of H-pyrrole nitrogens is 1. The Balaban J connectivity index is 1.78. The average Bonchev–Trinajstić information content (AvgIpc) is 2.95. The quantitative estimate of drug-likeness (QED) is 0.580. The van der Waals surface area contributed by atoms with Crippen LogP contribution in [-0.4, -0.2) is 36.9 Å². The van der Waals surface area contributed by atoms with Crippen LogP contribution in [0.4, 0.5) is 0 Å². The van der Waals surface area contributed by atoms with Gasteiger partial charge in [0.1, 0.15) is 18.5 Å². The minimum absolute atomic E-state index is 0.0568. The van der Waals surface area contributed by atoms with E-state index in [2.05, 4.69) is 32.8 Å². The fraction of sp³-hybridized carbons (Fsp3) is 0.353. The summed E-state index contributed by atoms with van der Waals surface area (Å²) >= 11 is 3.27. The zero-order valence-electron chi connectivity index (χ0n) is 14.4. The number of fused-ring (bicyclic) bond motifs is 1. The number of halogens is 1. The summed E-state index contributed by atoms with van der Waals surface area (Å²) in [7, 11) is 1.52. The molecule has 0 saturated heterocycles. The molecular weight excluding hydrogens is 404 g/mol. The number of rotatable bonds is 6. The number of hydrogen-bond donors (Lipinski definition) is 2. The first kappa shape index (κ1) is 18.4. The van der Waals surface area contributed by atoms with Crippen molar-refractivity contribution >= 4 is 27.1 Å². The molecule has 0 unspecified atom stereocenters. The first-order valence-electron chi connectivity index (χ1n) is 8.15. The lowest BCUT2D eigenvalue weighted by Crippen LogP contribution is -2.30. The standard InChI is InChI=1S/C17H19BrN4O4/c1-3-10-4-6-12(7-5-10)26-9-11(23)8-22-13-14(19-16(22)18)21(2)17(25)20-15(13)24/h4-7,11,23H,3,8-9H2,1-2H3,(H,20,24,25)/t11-/m0/s1. The highest BCUT2D eigenvalue weighted by Crippen LogP contribution is 2.17. The van der Waals surface area contributed by atoms with Gasteiger partial charge in [0.15, 0.2) is 15.9 Å². The number of nitrogens with zero attached hydrogens (tertiary/aromatic N) is 3. The number of aromatic nitrogens is 4. The molecule has 2 heterocycles. The lowest BCUT2D eigenvalue weighted by atomic mass is 10.2. The highest BCUT2D eigenvalue weighted by atomic mass is 79.9. The molecule has 1 atom stereocenters. The zero-order chi connectivity index (χ0) is 18.8. The SMILES string of the molecule is CCc1ccc(OC[C@@H](O)Cn2c(Br)nc3c2c(=O)[nH]c(=O)n3C)cc1. The summed E-state index contributed by atoms with van der Waals surface area (Å²) in [6.45, 7) is 2.22. The number of aryl methyl sites for hydroxylation is 2. The van der Waals surface area contributed by atoms with Gasteiger partial charge in [-0.25, -0.2) is 9.78 Å². The molecule has 0 aliphatic carbocycles. The highest BCUT2D eigenvalue weighted by molar-refractivity contribution is 9.10. The molecule has 0 aliphatic heterocycles. The van der Waals surface area contributed by atoms with Crippen LogP contribution in [0, 0.1) is 0 Å². The van der Waals surface area contributed by atoms with Crippen LogP contribution in [0.1, 0.15) is 12.5 Å². The molecule has 0 radical (unpaired) electrons. The third-order valence-electron chi connectivity index (χ3n) is 4.13. The molecule has 2 aromatic heterocycles. The summed E-state index contributed by atoms with van der Waals surface area (Å²) in [4.78, 5) is 30.2. The van der Waals surface area contributed by atoms with Crippen molar-refractivity contribution in [2.45, 2.75) is 26.0 Å². The Hall–Kier alpha value is -2.39. The normalized spacial score (nSPS) is 12.5. The number of nitrogens with one attached hydrogen (secondary N) is 1. The van der Waals surface area contributed by atoms with Crippen LogP contribution in [0.15, 0.2) is 38.6 Å². The molecule has 0 bridgehead atoms. The first-order valence-corrected chi connectivity index (χ1v) is 8.94. The molecule has 8 nitrogen and oxygen atoms in total. The summed E-state index contributed by atoms with van der Waals surface area (Å²) < 4.78 is 8.72. The fourth-order valence-electron chi connectivity index (χ4n) is 2.65. The predicted octanol–water partition coefficient (Wildman–Crippen LogP) is 1.19. The van der Waals surface area contributed by atoms with Crippen molar-refractivity contribution in [3.8, 4) is 5.75 Å². The smallest absolute Gasteiger partial charge is 0.329 e. The monoisotopic (exact) mass is 422 g/mol. The number of imidazole rings is 1. The Morgan fingerprint density at radius 2 is 2.00 bits per heavy atom. The van der Waals surface area contributed by atoms with Gasteiger partial charge in [-0.05, 0) is 40.0 Å². The summed E-state index contributed by atoms with van der Waals surface area (Å²) in [5.41, 5.74) is 0.569. The molecule has 1 aromatic carbocycles. The number of aliphatic hydroxyl groups excluding tert-OH is 1. The van der Waals surface area contributed by atoms with E-state index in [1.807, 2.05) is 24.3 Å². The molecule has 2 N–H and O–H groups in total. The van der Waals surface area contributed by atoms with E-state index in [0.29, 0.717) is 10.5 Å². The predicted molar refractivity (Wildman–Crippen MR) is 101 cm³/mol. The van der Waals surface area contributed by atoms with E-state index >= 15 is 0 Å². The van der Waals surface area contributed by atoms with Gasteiger partial charge in [0.05, 0.1) is 6.54 Å². The van der Waals surface area contributed by atoms with Crippen molar-refractivity contribution in [3.05, 3.63) is 55.4 Å². The van der Waals surface area contributed by atoms with Gasteiger partial charge in [0, 0.05) is 7.05 Å². The van der Waals surface area contributed by atoms with Crippen molar-refractivity contribution in [1.29, 1.82) is 0 Å². The molecule has 26 heavy (non-hydrogen) atoms. The largest absolute Gasteiger partial charge is 0.491 e. The Morgan fingerprint density at radius 3 is 2.65 bits per heavy atom. The van der Waals surface area contributed by atoms with Crippen molar-refractivity contribution in [3.63, 3.8) is 0 Å². The topological polar surface area (TPSA) is 102 Å². The van der Waals surface area contributed by atoms with Crippen LogP contribution in [0.3, 0.4) is 0 Å². The van der Waals surface area contributed by atoms with Gasteiger partial charge in [-0.1, -0.05) is 19.1 Å². The lowest BCUT2D eigenvalue weighted by molar-refractivity contribution is 0.0928. The van der Waals surface area contributed by atoms with Gasteiger partial charge in [-0.15, -0.1) is 0 Å². The van der Waals surface area contributed by atoms with Gasteiger partial charge >= 0.3 is 5.69 Å². The van der Waals surface area contributed by atoms with E-state index < -0.39 is 17.4 Å². The second-order valence-electron chi connectivity index (χ2n) is 5.94. The van der Waals surface area contributed by atoms with Crippen molar-refractivity contribution in [2.75, 3.05) is 6.61 Å². The molecule has 9 heteroatoms. The highest BCUT2D eigenvalue weighted by Gasteiger charge is 2.18. The van der Waals surface area contributed by atoms with Gasteiger partial charge in [0.25, 0.3) is 5.56 Å². The average molecular weight is 423 g/mol. The van der Waals surface area contributed by atoms with Crippen molar-refractivity contribution in [2.24, 2.45) is 7.05 Å². The van der Waals surface area contributed by atoms with Crippen LogP contribution >= 0.6 is 15.9 Å². The first-order chi connectivity index (χ1) is 12.4. The molecular formula is C17H19BrN4O4. The number of aromatic amines is 1. The Kier molecular flexibility index (Phi) is 5.28. The van der Waals surface area contributed by atoms with Crippen LogP contribution in [0.25, 0.3) is 11.2 Å². The van der Waals surface area contributed by atoms with Gasteiger partial charge in [-0.2, -0.15) is 0 Å². The minimum atomic E-state index is -0.869. The third kappa shape index (κ3) is 3.58. The molecule has 3 rings (SSSR count). The molecule has 0 saturated carbocycles. The van der Waals surface area contributed by atoms with Crippen LogP contribution in [0.5, 0.6) is 5.75 Å². The van der Waals surface area contributed by atoms with E-state index in [1.165, 1.54) is 21.7 Å². The van der Waals surface area contributed by atoms with E-state index in [-0.39, 0.29) is 24.3 Å². The van der Waals surface area contributed by atoms with E-state index in [9.17, 15) is 14.7 Å². The van der Waals surface area contributed by atoms with Crippen LogP contribution < -0.4 is 16.0 Å². The minimum Gasteiger partial charge on any atom is -0.491 e. The van der Waals surface area contributed by atoms with Crippen LogP contribution in [-0.2, 0) is 20.0 Å². The maximum atomic E-state index is 12.1. The van der Waals surface area contributed by atoms with Crippen molar-refractivity contribution in [1.82, 2.24) is 19.1 Å². The van der Waals surface area contributed by atoms with Crippen molar-refractivity contribution < 1.29 is 9.84 Å². The number of aliphatic hydroxyl groups is 1. The van der Waals surface area contributed by atoms with E-state index in [1.54, 1.807) is 0 Å². The van der Waals surface area contributed by atoms with Gasteiger partial charge in [0.2, 0.25) is 0 Å². The fourth-order valence-corrected chi connectivity index (χ4v) is 3.14. The maximum Gasteiger partial charge on any atom is 0.329 e. The summed E-state index contributed by atoms with van der Waals surface area (Å²) in [5.74, 6) is 0.663. The Morgan fingerprint density at radius 1 is 1.31 bits per heavy atom. The summed E-state index contributed by atoms with van der Waals surface area (Å²) in [6.07, 6.45) is 0.0768. The molecule has 0 aliphatic rings. The van der Waals surface area contributed by atoms with E-state index in [0.717, 1.165) is 6.42 Å². The van der Waals surface area contributed by atoms with Gasteiger partial charge < -0.3 is 14.4 Å². The number of benzene rings is 1. The number of hydrogen-bond acceptors (Lipinski definition) is 5. The molecule has 0 spiro atoms. The van der Waals surface area contributed by atoms with Gasteiger partial charge in [-0.3, -0.25) is 14.3 Å². The summed E-state index contributed by atoms with van der Waals surface area (Å²) in [6, 6.07) is 7.66. The van der Waals surface area contributed by atoms with Crippen LogP contribution in [0.2, 0.25) is 0 Å². The third-order valence-corrected chi connectivity index (χ3v) is 4.73. The zero-order valence-corrected chi connectivity index (χ0v) is 16.0. The molecule has 0 fully saturated rings. The molecule has 138 valence electrons. The number of ether oxygens (including phenoxy) is 1. The molecule has 0 amide bonds. The second kappa shape index (κ2) is 7.46. The molecule has 3 aromatic rings. The summed E-state index contributed by atoms with van der Waals surface area (Å²) in [5, 5.41) is 10.3. The second-order valence-corrected chi connectivity index (χ2v) is 6.65. The Labute approximate surface area is 157 Å².